The first kappa shape index (κ1) is 15.0. The van der Waals surface area contributed by atoms with Crippen molar-refractivity contribution in [1.29, 1.82) is 0 Å². The minimum absolute atomic E-state index is 0.0977. The average molecular weight is 445 g/mol. The van der Waals surface area contributed by atoms with E-state index in [1.165, 1.54) is 6.21 Å². The highest BCUT2D eigenvalue weighted by Gasteiger charge is 2.03. The van der Waals surface area contributed by atoms with Gasteiger partial charge in [0.25, 0.3) is 5.91 Å². The summed E-state index contributed by atoms with van der Waals surface area (Å²) in [5.74, 6) is -0.201. The molecule has 0 aliphatic carbocycles. The van der Waals surface area contributed by atoms with Crippen LogP contribution >= 0.6 is 38.5 Å². The van der Waals surface area contributed by atoms with Crippen molar-refractivity contribution < 1.29 is 9.90 Å². The van der Waals surface area contributed by atoms with E-state index in [0.717, 1.165) is 8.04 Å². The van der Waals surface area contributed by atoms with Crippen LogP contribution in [0, 0.1) is 3.57 Å². The summed E-state index contributed by atoms with van der Waals surface area (Å²) in [5, 5.41) is 13.5. The van der Waals surface area contributed by atoms with E-state index in [1.54, 1.807) is 30.3 Å². The van der Waals surface area contributed by atoms with Gasteiger partial charge in [0.2, 0.25) is 0 Å². The molecule has 0 heterocycles. The molecule has 0 saturated heterocycles. The van der Waals surface area contributed by atoms with Gasteiger partial charge >= 0.3 is 0 Å². The van der Waals surface area contributed by atoms with Gasteiger partial charge < -0.3 is 5.11 Å². The number of halogens is 2. The van der Waals surface area contributed by atoms with Crippen LogP contribution in [0.3, 0.4) is 0 Å². The van der Waals surface area contributed by atoms with Gasteiger partial charge in [-0.2, -0.15) is 5.10 Å². The summed E-state index contributed by atoms with van der Waals surface area (Å²) in [4.78, 5) is 11.8. The summed E-state index contributed by atoms with van der Waals surface area (Å²) in [6.07, 6.45) is 1.39. The molecule has 0 unspecified atom stereocenters. The highest BCUT2D eigenvalue weighted by Crippen LogP contribution is 2.19. The van der Waals surface area contributed by atoms with E-state index < -0.39 is 0 Å². The number of rotatable bonds is 3. The number of hydrogen-bond acceptors (Lipinski definition) is 3. The van der Waals surface area contributed by atoms with Crippen LogP contribution in [0.2, 0.25) is 0 Å². The Labute approximate surface area is 138 Å². The lowest BCUT2D eigenvalue weighted by atomic mass is 10.2. The van der Waals surface area contributed by atoms with E-state index in [-0.39, 0.29) is 11.7 Å². The lowest BCUT2D eigenvalue weighted by molar-refractivity contribution is 0.0955. The van der Waals surface area contributed by atoms with Crippen molar-refractivity contribution in [3.8, 4) is 5.75 Å². The van der Waals surface area contributed by atoms with Gasteiger partial charge in [0, 0.05) is 19.2 Å². The third kappa shape index (κ3) is 4.04. The van der Waals surface area contributed by atoms with Crippen LogP contribution in [0.5, 0.6) is 5.75 Å². The Morgan fingerprint density at radius 1 is 1.25 bits per heavy atom. The van der Waals surface area contributed by atoms with Crippen LogP contribution < -0.4 is 5.43 Å². The highest BCUT2D eigenvalue weighted by molar-refractivity contribution is 14.1. The lowest BCUT2D eigenvalue weighted by Gasteiger charge is -2.01. The van der Waals surface area contributed by atoms with Crippen LogP contribution in [0.4, 0.5) is 0 Å². The SMILES string of the molecule is O=C(N/N=C\c1cc(Br)ccc1O)c1ccc(I)cc1. The molecule has 0 aromatic heterocycles. The highest BCUT2D eigenvalue weighted by atomic mass is 127. The fourth-order valence-corrected chi connectivity index (χ4v) is 2.19. The Balaban J connectivity index is 2.04. The number of aromatic hydroxyl groups is 1. The number of benzene rings is 2. The van der Waals surface area contributed by atoms with E-state index >= 15 is 0 Å². The second kappa shape index (κ2) is 6.85. The maximum atomic E-state index is 11.8. The van der Waals surface area contributed by atoms with Crippen molar-refractivity contribution >= 4 is 50.6 Å². The molecule has 0 fully saturated rings. The zero-order chi connectivity index (χ0) is 14.5. The zero-order valence-electron chi connectivity index (χ0n) is 10.2. The molecule has 6 heteroatoms. The molecular weight excluding hydrogens is 435 g/mol. The van der Waals surface area contributed by atoms with Gasteiger partial charge in [-0.25, -0.2) is 5.43 Å². The average Bonchev–Trinajstić information content (AvgIpc) is 2.43. The quantitative estimate of drug-likeness (QED) is 0.432. The lowest BCUT2D eigenvalue weighted by Crippen LogP contribution is -2.17. The molecule has 0 saturated carbocycles. The molecule has 2 aromatic carbocycles. The molecule has 0 bridgehead atoms. The van der Waals surface area contributed by atoms with Crippen LogP contribution in [0.15, 0.2) is 52.0 Å². The molecule has 2 N–H and O–H groups in total. The number of carbonyl (C=O) groups is 1. The number of hydrogen-bond donors (Lipinski definition) is 2. The first-order valence-electron chi connectivity index (χ1n) is 5.64. The minimum Gasteiger partial charge on any atom is -0.507 e. The third-order valence-electron chi connectivity index (χ3n) is 2.47. The fourth-order valence-electron chi connectivity index (χ4n) is 1.46. The Morgan fingerprint density at radius 3 is 2.65 bits per heavy atom. The number of carbonyl (C=O) groups excluding carboxylic acids is 1. The smallest absolute Gasteiger partial charge is 0.271 e. The van der Waals surface area contributed by atoms with E-state index in [2.05, 4.69) is 49.0 Å². The van der Waals surface area contributed by atoms with Crippen molar-refractivity contribution in [2.45, 2.75) is 0 Å². The van der Waals surface area contributed by atoms with Gasteiger partial charge in [-0.05, 0) is 65.1 Å². The molecule has 4 nitrogen and oxygen atoms in total. The maximum absolute atomic E-state index is 11.8. The van der Waals surface area contributed by atoms with Gasteiger partial charge in [0.1, 0.15) is 5.75 Å². The van der Waals surface area contributed by atoms with Gasteiger partial charge in [0.05, 0.1) is 6.21 Å². The molecular formula is C14H10BrIN2O2. The molecule has 0 atom stereocenters. The van der Waals surface area contributed by atoms with Crippen LogP contribution in [-0.4, -0.2) is 17.2 Å². The standard InChI is InChI=1S/C14H10BrIN2O2/c15-11-3-6-13(19)10(7-11)8-17-18-14(20)9-1-4-12(16)5-2-9/h1-8,19H,(H,18,20)/b17-8-. The number of hydrazone groups is 1. The molecule has 20 heavy (non-hydrogen) atoms. The molecule has 0 aliphatic heterocycles. The summed E-state index contributed by atoms with van der Waals surface area (Å²) >= 11 is 5.47. The normalized spacial score (nSPS) is 10.7. The van der Waals surface area contributed by atoms with Crippen molar-refractivity contribution in [3.05, 3.63) is 61.6 Å². The third-order valence-corrected chi connectivity index (χ3v) is 3.68. The Morgan fingerprint density at radius 2 is 1.95 bits per heavy atom. The summed E-state index contributed by atoms with van der Waals surface area (Å²) < 4.78 is 1.88. The van der Waals surface area contributed by atoms with Gasteiger partial charge in [0.15, 0.2) is 0 Å². The van der Waals surface area contributed by atoms with Crippen molar-refractivity contribution in [1.82, 2.24) is 5.43 Å². The Bertz CT molecular complexity index is 657. The van der Waals surface area contributed by atoms with E-state index in [1.807, 2.05) is 12.1 Å². The molecule has 2 rings (SSSR count). The second-order valence-corrected chi connectivity index (χ2v) is 6.07. The van der Waals surface area contributed by atoms with Crippen molar-refractivity contribution in [3.63, 3.8) is 0 Å². The number of nitrogens with one attached hydrogen (secondary N) is 1. The van der Waals surface area contributed by atoms with E-state index in [4.69, 9.17) is 0 Å². The molecule has 1 amide bonds. The van der Waals surface area contributed by atoms with E-state index in [9.17, 15) is 9.90 Å². The Kier molecular flexibility index (Phi) is 5.13. The number of amides is 1. The first-order valence-corrected chi connectivity index (χ1v) is 7.51. The molecule has 0 spiro atoms. The van der Waals surface area contributed by atoms with Gasteiger partial charge in [-0.1, -0.05) is 15.9 Å². The van der Waals surface area contributed by atoms with Crippen LogP contribution in [0.25, 0.3) is 0 Å². The van der Waals surface area contributed by atoms with Gasteiger partial charge in [-0.15, -0.1) is 0 Å². The van der Waals surface area contributed by atoms with Crippen LogP contribution in [-0.2, 0) is 0 Å². The van der Waals surface area contributed by atoms with Crippen LogP contribution in [0.1, 0.15) is 15.9 Å². The number of phenolic OH excluding ortho intramolecular Hbond substituents is 1. The Hall–Kier alpha value is -1.41. The predicted molar refractivity (Wildman–Crippen MR) is 90.0 cm³/mol. The number of nitrogens with zero attached hydrogens (tertiary/aromatic N) is 1. The summed E-state index contributed by atoms with van der Waals surface area (Å²) in [5.41, 5.74) is 3.46. The fraction of sp³-hybridized carbons (Fsp3) is 0. The zero-order valence-corrected chi connectivity index (χ0v) is 13.9. The molecule has 102 valence electrons. The topological polar surface area (TPSA) is 61.7 Å². The maximum Gasteiger partial charge on any atom is 0.271 e. The van der Waals surface area contributed by atoms with Gasteiger partial charge in [-0.3, -0.25) is 4.79 Å². The summed E-state index contributed by atoms with van der Waals surface area (Å²) in [7, 11) is 0. The summed E-state index contributed by atoms with van der Waals surface area (Å²) in [6.45, 7) is 0. The van der Waals surface area contributed by atoms with Crippen molar-refractivity contribution in [2.75, 3.05) is 0 Å². The van der Waals surface area contributed by atoms with E-state index in [0.29, 0.717) is 11.1 Å². The van der Waals surface area contributed by atoms with Crippen molar-refractivity contribution in [2.24, 2.45) is 5.10 Å². The summed E-state index contributed by atoms with van der Waals surface area (Å²) in [6, 6.07) is 12.1. The molecule has 0 radical (unpaired) electrons. The monoisotopic (exact) mass is 444 g/mol. The largest absolute Gasteiger partial charge is 0.507 e. The predicted octanol–water partition coefficient (Wildman–Crippen LogP) is 3.52. The number of phenols is 1. The first-order chi connectivity index (χ1) is 9.56. The molecule has 2 aromatic rings. The molecule has 0 aliphatic rings. The second-order valence-electron chi connectivity index (χ2n) is 3.91. The minimum atomic E-state index is -0.299.